The van der Waals surface area contributed by atoms with Gasteiger partial charge >= 0.3 is 0 Å². The van der Waals surface area contributed by atoms with Gasteiger partial charge in [0.05, 0.1) is 34.5 Å². The third kappa shape index (κ3) is 4.19. The minimum Gasteiger partial charge on any atom is -0.505 e. The van der Waals surface area contributed by atoms with Crippen LogP contribution >= 0.6 is 0 Å². The number of rotatable bonds is 5. The molecule has 3 fully saturated rings. The van der Waals surface area contributed by atoms with E-state index in [0.29, 0.717) is 22.5 Å². The van der Waals surface area contributed by atoms with Crippen molar-refractivity contribution >= 4 is 35.0 Å². The molecule has 0 spiro atoms. The molecule has 2 heterocycles. The number of imide groups is 2. The average molecular weight is 642 g/mol. The number of nitrogens with one attached hydrogen (secondary N) is 1. The van der Waals surface area contributed by atoms with Crippen LogP contribution < -0.4 is 10.3 Å². The molecule has 4 aromatic carbocycles. The molecule has 2 saturated heterocycles. The van der Waals surface area contributed by atoms with Gasteiger partial charge in [0.15, 0.2) is 11.6 Å². The molecule has 4 aliphatic rings. The van der Waals surface area contributed by atoms with E-state index in [1.807, 2.05) is 49.4 Å². The fraction of sp³-hybridized carbons (Fsp3) is 0.231. The van der Waals surface area contributed by atoms with Crippen molar-refractivity contribution in [2.75, 3.05) is 10.3 Å². The molecule has 9 heteroatoms. The van der Waals surface area contributed by atoms with E-state index in [1.165, 1.54) is 17.0 Å². The van der Waals surface area contributed by atoms with Crippen molar-refractivity contribution < 1.29 is 28.7 Å². The Balaban J connectivity index is 1.33. The van der Waals surface area contributed by atoms with Crippen LogP contribution in [0.15, 0.2) is 115 Å². The molecule has 4 amide bonds. The third-order valence-corrected chi connectivity index (χ3v) is 10.7. The maximum Gasteiger partial charge on any atom is 0.260 e. The van der Waals surface area contributed by atoms with Gasteiger partial charge in [-0.2, -0.15) is 5.01 Å². The summed E-state index contributed by atoms with van der Waals surface area (Å²) in [5.74, 6) is -6.82. The van der Waals surface area contributed by atoms with E-state index in [-0.39, 0.29) is 24.7 Å². The number of hydrogen-bond acceptors (Lipinski definition) is 6. The molecule has 2 aliphatic carbocycles. The molecule has 240 valence electrons. The van der Waals surface area contributed by atoms with Gasteiger partial charge in [-0.25, -0.2) is 4.39 Å². The standard InChI is InChI=1S/C39H32FN3O5/c1-22-12-15-25(16-13-22)41-43-36(46)30-21-29-27(17-18-28-33(29)37(47)42(35(28)45)26-10-6-3-7-11-26)34(23-14-19-32(44)31(40)20-23)39(30,38(43)48)24-8-4-2-5-9-24/h2-17,19-20,28-30,33-34,41,44H,18,21H2,1H3. The summed E-state index contributed by atoms with van der Waals surface area (Å²) < 4.78 is 15.2. The van der Waals surface area contributed by atoms with E-state index < -0.39 is 58.4 Å². The number of hydrazine groups is 1. The number of anilines is 2. The molecule has 2 aliphatic heterocycles. The Labute approximate surface area is 276 Å². The maximum absolute atomic E-state index is 15.2. The summed E-state index contributed by atoms with van der Waals surface area (Å²) in [5.41, 5.74) is 5.27. The molecule has 6 unspecified atom stereocenters. The van der Waals surface area contributed by atoms with Crippen LogP contribution in [0.25, 0.3) is 0 Å². The molecular formula is C39H32FN3O5. The summed E-state index contributed by atoms with van der Waals surface area (Å²) in [4.78, 5) is 59.1. The van der Waals surface area contributed by atoms with Gasteiger partial charge in [-0.1, -0.05) is 83.9 Å². The van der Waals surface area contributed by atoms with Gasteiger partial charge in [0.25, 0.3) is 11.8 Å². The Morgan fingerprint density at radius 3 is 2.19 bits per heavy atom. The van der Waals surface area contributed by atoms with Crippen molar-refractivity contribution in [2.24, 2.45) is 23.7 Å². The van der Waals surface area contributed by atoms with E-state index in [9.17, 15) is 19.5 Å². The van der Waals surface area contributed by atoms with Crippen molar-refractivity contribution in [2.45, 2.75) is 31.1 Å². The van der Waals surface area contributed by atoms with Crippen LogP contribution in [0.2, 0.25) is 0 Å². The van der Waals surface area contributed by atoms with E-state index in [0.717, 1.165) is 16.1 Å². The molecule has 8 rings (SSSR count). The predicted molar refractivity (Wildman–Crippen MR) is 176 cm³/mol. The lowest BCUT2D eigenvalue weighted by atomic mass is 9.49. The molecule has 4 aromatic rings. The second-order valence-electron chi connectivity index (χ2n) is 13.1. The van der Waals surface area contributed by atoms with Crippen molar-refractivity contribution in [3.63, 3.8) is 0 Å². The Morgan fingerprint density at radius 2 is 1.50 bits per heavy atom. The number of phenols is 1. The summed E-state index contributed by atoms with van der Waals surface area (Å²) in [5, 5.41) is 11.2. The largest absolute Gasteiger partial charge is 0.505 e. The first-order chi connectivity index (χ1) is 23.2. The second-order valence-corrected chi connectivity index (χ2v) is 13.1. The van der Waals surface area contributed by atoms with Crippen LogP contribution in [0.3, 0.4) is 0 Å². The Hall–Kier alpha value is -5.57. The maximum atomic E-state index is 15.2. The van der Waals surface area contributed by atoms with E-state index in [1.54, 1.807) is 54.6 Å². The molecule has 8 nitrogen and oxygen atoms in total. The summed E-state index contributed by atoms with van der Waals surface area (Å²) in [6.07, 6.45) is 2.32. The number of fused-ring (bicyclic) bond motifs is 4. The summed E-state index contributed by atoms with van der Waals surface area (Å²) in [6.45, 7) is 1.94. The summed E-state index contributed by atoms with van der Waals surface area (Å²) >= 11 is 0. The fourth-order valence-corrected chi connectivity index (χ4v) is 8.66. The molecule has 0 aromatic heterocycles. The number of carbonyl (C=O) groups is 4. The zero-order chi connectivity index (χ0) is 33.3. The van der Waals surface area contributed by atoms with Gasteiger partial charge in [0.1, 0.15) is 0 Å². The highest BCUT2D eigenvalue weighted by Crippen LogP contribution is 2.64. The number of halogens is 1. The topological polar surface area (TPSA) is 107 Å². The second kappa shape index (κ2) is 11.0. The van der Waals surface area contributed by atoms with Gasteiger partial charge in [-0.05, 0) is 73.2 Å². The minimum absolute atomic E-state index is 0.136. The van der Waals surface area contributed by atoms with Crippen LogP contribution in [0, 0.1) is 36.4 Å². The highest BCUT2D eigenvalue weighted by molar-refractivity contribution is 6.22. The fourth-order valence-electron chi connectivity index (χ4n) is 8.66. The minimum atomic E-state index is -1.51. The number of aromatic hydroxyl groups is 1. The summed E-state index contributed by atoms with van der Waals surface area (Å²) in [6, 6.07) is 29.2. The Bertz CT molecular complexity index is 2010. The molecule has 0 radical (unpaired) electrons. The monoisotopic (exact) mass is 641 g/mol. The van der Waals surface area contributed by atoms with E-state index >= 15 is 9.18 Å². The van der Waals surface area contributed by atoms with Gasteiger partial charge in [0.2, 0.25) is 11.8 Å². The zero-order valence-corrected chi connectivity index (χ0v) is 26.0. The Kier molecular flexibility index (Phi) is 6.84. The number of para-hydroxylation sites is 1. The highest BCUT2D eigenvalue weighted by Gasteiger charge is 2.70. The third-order valence-electron chi connectivity index (χ3n) is 10.7. The van der Waals surface area contributed by atoms with E-state index in [2.05, 4.69) is 5.43 Å². The number of allylic oxidation sites excluding steroid dienone is 2. The molecule has 6 atom stereocenters. The SMILES string of the molecule is Cc1ccc(NN2C(=O)C3CC4C(=CCC5C(=O)N(c6ccccc6)C(=O)C54)C(c4ccc(O)c(F)c4)C3(c3ccccc3)C2=O)cc1. The van der Waals surface area contributed by atoms with Crippen LogP contribution in [0.1, 0.15) is 35.4 Å². The van der Waals surface area contributed by atoms with Crippen molar-refractivity contribution in [1.29, 1.82) is 0 Å². The molecule has 1 saturated carbocycles. The van der Waals surface area contributed by atoms with Crippen LogP contribution in [0.5, 0.6) is 5.75 Å². The summed E-state index contributed by atoms with van der Waals surface area (Å²) in [7, 11) is 0. The van der Waals surface area contributed by atoms with Crippen LogP contribution in [-0.2, 0) is 24.6 Å². The van der Waals surface area contributed by atoms with Gasteiger partial charge in [0, 0.05) is 5.92 Å². The molecule has 2 N–H and O–H groups in total. The van der Waals surface area contributed by atoms with Crippen LogP contribution in [-0.4, -0.2) is 33.7 Å². The number of nitrogens with zero attached hydrogens (tertiary/aromatic N) is 2. The van der Waals surface area contributed by atoms with Gasteiger partial charge < -0.3 is 5.11 Å². The quantitative estimate of drug-likeness (QED) is 0.204. The zero-order valence-electron chi connectivity index (χ0n) is 26.0. The number of aryl methyl sites for hydroxylation is 1. The molecule has 0 bridgehead atoms. The highest BCUT2D eigenvalue weighted by atomic mass is 19.1. The number of amides is 4. The lowest BCUT2D eigenvalue weighted by Gasteiger charge is -2.50. The number of carbonyl (C=O) groups excluding carboxylic acids is 4. The first-order valence-electron chi connectivity index (χ1n) is 16.1. The number of phenolic OH excluding ortho intramolecular Hbond substituents is 1. The van der Waals surface area contributed by atoms with Crippen molar-refractivity contribution in [3.05, 3.63) is 137 Å². The lowest BCUT2D eigenvalue weighted by Crippen LogP contribution is -2.53. The first-order valence-corrected chi connectivity index (χ1v) is 16.1. The predicted octanol–water partition coefficient (Wildman–Crippen LogP) is 6.03. The van der Waals surface area contributed by atoms with Crippen LogP contribution in [0.4, 0.5) is 15.8 Å². The normalized spacial score (nSPS) is 27.8. The first kappa shape index (κ1) is 29.8. The van der Waals surface area contributed by atoms with E-state index in [4.69, 9.17) is 0 Å². The molecular weight excluding hydrogens is 609 g/mol. The average Bonchev–Trinajstić information content (AvgIpc) is 3.48. The molecule has 48 heavy (non-hydrogen) atoms. The smallest absolute Gasteiger partial charge is 0.260 e. The van der Waals surface area contributed by atoms with Gasteiger partial charge in [-0.3, -0.25) is 29.5 Å². The van der Waals surface area contributed by atoms with Crippen molar-refractivity contribution in [3.8, 4) is 5.75 Å². The van der Waals surface area contributed by atoms with Gasteiger partial charge in [-0.15, -0.1) is 0 Å². The number of hydrogen-bond donors (Lipinski definition) is 2. The lowest BCUT2D eigenvalue weighted by molar-refractivity contribution is -0.138. The number of benzene rings is 4. The van der Waals surface area contributed by atoms with Crippen molar-refractivity contribution in [1.82, 2.24) is 5.01 Å². The Morgan fingerprint density at radius 1 is 0.812 bits per heavy atom.